The molecule has 21 heavy (non-hydrogen) atoms. The van der Waals surface area contributed by atoms with Gasteiger partial charge in [0.05, 0.1) is 12.4 Å². The third-order valence-electron chi connectivity index (χ3n) is 2.98. The summed E-state index contributed by atoms with van der Waals surface area (Å²) in [5, 5.41) is 10.8. The number of hydrogen-bond acceptors (Lipinski definition) is 4. The maximum Gasteiger partial charge on any atom is 0.212 e. The van der Waals surface area contributed by atoms with Gasteiger partial charge >= 0.3 is 0 Å². The molecule has 7 heteroatoms. The van der Waals surface area contributed by atoms with E-state index in [4.69, 9.17) is 5.11 Å². The maximum atomic E-state index is 13.5. The predicted octanol–water partition coefficient (Wildman–Crippen LogP) is 2.04. The van der Waals surface area contributed by atoms with E-state index in [-0.39, 0.29) is 24.5 Å². The molecule has 0 saturated heterocycles. The van der Waals surface area contributed by atoms with Gasteiger partial charge in [-0.1, -0.05) is 18.2 Å². The highest BCUT2D eigenvalue weighted by Crippen LogP contribution is 2.12. The van der Waals surface area contributed by atoms with Crippen molar-refractivity contribution < 1.29 is 17.9 Å². The Bertz CT molecular complexity index is 684. The van der Waals surface area contributed by atoms with Crippen molar-refractivity contribution in [3.63, 3.8) is 0 Å². The van der Waals surface area contributed by atoms with Crippen molar-refractivity contribution in [1.82, 2.24) is 4.72 Å². The van der Waals surface area contributed by atoms with Crippen molar-refractivity contribution >= 4 is 21.4 Å². The van der Waals surface area contributed by atoms with Gasteiger partial charge in [0, 0.05) is 17.0 Å². The molecule has 1 aromatic heterocycles. The van der Waals surface area contributed by atoms with Crippen LogP contribution in [0.25, 0.3) is 0 Å². The monoisotopic (exact) mass is 329 g/mol. The standard InChI is InChI=1S/C14H16FNO3S2/c15-14-8-11(3-4-12(14)10-17)9-16-21(18,19)7-5-13-2-1-6-20-13/h1-4,6,8,16-17H,5,7,9-10H2. The fourth-order valence-corrected chi connectivity index (χ4v) is 3.64. The number of nitrogens with one attached hydrogen (secondary N) is 1. The lowest BCUT2D eigenvalue weighted by Gasteiger charge is -2.07. The van der Waals surface area contributed by atoms with Gasteiger partial charge < -0.3 is 5.11 Å². The van der Waals surface area contributed by atoms with E-state index in [1.54, 1.807) is 6.07 Å². The third-order valence-corrected chi connectivity index (χ3v) is 5.24. The normalized spacial score (nSPS) is 11.7. The zero-order chi connectivity index (χ0) is 15.3. The molecular weight excluding hydrogens is 313 g/mol. The molecule has 2 aromatic rings. The Balaban J connectivity index is 1.90. The molecule has 4 nitrogen and oxygen atoms in total. The van der Waals surface area contributed by atoms with Crippen LogP contribution in [0.3, 0.4) is 0 Å². The first kappa shape index (κ1) is 16.1. The second-order valence-corrected chi connectivity index (χ2v) is 7.51. The first-order valence-corrected chi connectivity index (χ1v) is 8.91. The Morgan fingerprint density at radius 2 is 2.10 bits per heavy atom. The number of aliphatic hydroxyl groups excluding tert-OH is 1. The smallest absolute Gasteiger partial charge is 0.212 e. The molecule has 0 amide bonds. The molecule has 0 fully saturated rings. The van der Waals surface area contributed by atoms with Gasteiger partial charge in [0.15, 0.2) is 0 Å². The fourth-order valence-electron chi connectivity index (χ4n) is 1.78. The molecule has 1 heterocycles. The van der Waals surface area contributed by atoms with Gasteiger partial charge in [0.2, 0.25) is 10.0 Å². The molecule has 0 saturated carbocycles. The fraction of sp³-hybridized carbons (Fsp3) is 0.286. The van der Waals surface area contributed by atoms with Crippen LogP contribution in [-0.2, 0) is 29.6 Å². The van der Waals surface area contributed by atoms with Crippen molar-refractivity contribution in [2.45, 2.75) is 19.6 Å². The lowest BCUT2D eigenvalue weighted by atomic mass is 10.1. The SMILES string of the molecule is O=S(=O)(CCc1cccs1)NCc1ccc(CO)c(F)c1. The van der Waals surface area contributed by atoms with E-state index < -0.39 is 15.8 Å². The molecule has 1 aromatic carbocycles. The zero-order valence-corrected chi connectivity index (χ0v) is 12.9. The van der Waals surface area contributed by atoms with Gasteiger partial charge in [-0.3, -0.25) is 0 Å². The molecule has 2 rings (SSSR count). The highest BCUT2D eigenvalue weighted by Gasteiger charge is 2.11. The average molecular weight is 329 g/mol. The molecule has 0 aliphatic heterocycles. The van der Waals surface area contributed by atoms with Crippen molar-refractivity contribution in [3.8, 4) is 0 Å². The molecular formula is C14H16FNO3S2. The average Bonchev–Trinajstić information content (AvgIpc) is 2.97. The lowest BCUT2D eigenvalue weighted by molar-refractivity contribution is 0.275. The number of sulfonamides is 1. The summed E-state index contributed by atoms with van der Waals surface area (Å²) < 4.78 is 39.7. The summed E-state index contributed by atoms with van der Waals surface area (Å²) >= 11 is 1.52. The minimum absolute atomic E-state index is 0.00468. The summed E-state index contributed by atoms with van der Waals surface area (Å²) in [5.74, 6) is -0.530. The molecule has 0 atom stereocenters. The van der Waals surface area contributed by atoms with Gasteiger partial charge in [-0.25, -0.2) is 17.5 Å². The predicted molar refractivity (Wildman–Crippen MR) is 81.0 cm³/mol. The topological polar surface area (TPSA) is 66.4 Å². The van der Waals surface area contributed by atoms with E-state index >= 15 is 0 Å². The van der Waals surface area contributed by atoms with E-state index in [0.29, 0.717) is 12.0 Å². The quantitative estimate of drug-likeness (QED) is 0.817. The number of aryl methyl sites for hydroxylation is 1. The van der Waals surface area contributed by atoms with Crippen molar-refractivity contribution in [2.75, 3.05) is 5.75 Å². The number of thiophene rings is 1. The largest absolute Gasteiger partial charge is 0.392 e. The minimum Gasteiger partial charge on any atom is -0.392 e. The van der Waals surface area contributed by atoms with Crippen LogP contribution in [0, 0.1) is 5.82 Å². The van der Waals surface area contributed by atoms with Gasteiger partial charge in [-0.2, -0.15) is 0 Å². The summed E-state index contributed by atoms with van der Waals surface area (Å²) in [7, 11) is -3.40. The molecule has 0 radical (unpaired) electrons. The number of halogens is 1. The number of benzene rings is 1. The van der Waals surface area contributed by atoms with Crippen molar-refractivity contribution in [1.29, 1.82) is 0 Å². The Morgan fingerprint density at radius 1 is 1.29 bits per heavy atom. The van der Waals surface area contributed by atoms with E-state index in [2.05, 4.69) is 4.72 Å². The van der Waals surface area contributed by atoms with Gasteiger partial charge in [0.1, 0.15) is 5.82 Å². The molecule has 0 aliphatic rings. The van der Waals surface area contributed by atoms with E-state index in [0.717, 1.165) is 4.88 Å². The second-order valence-electron chi connectivity index (χ2n) is 4.55. The summed E-state index contributed by atoms with van der Waals surface area (Å²) in [6.07, 6.45) is 0.463. The summed E-state index contributed by atoms with van der Waals surface area (Å²) in [6.45, 7) is -0.339. The Labute approximate surface area is 127 Å². The summed E-state index contributed by atoms with van der Waals surface area (Å²) in [6, 6.07) is 8.04. The maximum absolute atomic E-state index is 13.5. The van der Waals surface area contributed by atoms with E-state index in [1.807, 2.05) is 17.5 Å². The lowest BCUT2D eigenvalue weighted by Crippen LogP contribution is -2.26. The van der Waals surface area contributed by atoms with Crippen molar-refractivity contribution in [3.05, 3.63) is 57.5 Å². The van der Waals surface area contributed by atoms with Gasteiger partial charge in [-0.05, 0) is 29.5 Å². The summed E-state index contributed by atoms with van der Waals surface area (Å²) in [4.78, 5) is 1.01. The highest BCUT2D eigenvalue weighted by molar-refractivity contribution is 7.89. The van der Waals surface area contributed by atoms with Gasteiger partial charge in [0.25, 0.3) is 0 Å². The highest BCUT2D eigenvalue weighted by atomic mass is 32.2. The molecule has 114 valence electrons. The number of aliphatic hydroxyl groups is 1. The number of rotatable bonds is 7. The van der Waals surface area contributed by atoms with Crippen LogP contribution in [0.5, 0.6) is 0 Å². The number of hydrogen-bond donors (Lipinski definition) is 2. The molecule has 0 bridgehead atoms. The molecule has 0 aliphatic carbocycles. The Kier molecular flexibility index (Phi) is 5.46. The van der Waals surface area contributed by atoms with Crippen LogP contribution in [0.2, 0.25) is 0 Å². The van der Waals surface area contributed by atoms with Crippen LogP contribution in [0.1, 0.15) is 16.0 Å². The zero-order valence-electron chi connectivity index (χ0n) is 11.3. The van der Waals surface area contributed by atoms with E-state index in [9.17, 15) is 12.8 Å². The third kappa shape index (κ3) is 4.89. The molecule has 2 N–H and O–H groups in total. The van der Waals surface area contributed by atoms with Gasteiger partial charge in [-0.15, -0.1) is 11.3 Å². The molecule has 0 unspecified atom stereocenters. The van der Waals surface area contributed by atoms with Crippen LogP contribution >= 0.6 is 11.3 Å². The van der Waals surface area contributed by atoms with Crippen LogP contribution in [0.4, 0.5) is 4.39 Å². The Hall–Kier alpha value is -1.28. The first-order valence-electron chi connectivity index (χ1n) is 6.38. The van der Waals surface area contributed by atoms with E-state index in [1.165, 1.54) is 23.5 Å². The van der Waals surface area contributed by atoms with Crippen LogP contribution < -0.4 is 4.72 Å². The van der Waals surface area contributed by atoms with Crippen LogP contribution in [0.15, 0.2) is 35.7 Å². The Morgan fingerprint density at radius 3 is 2.71 bits per heavy atom. The first-order chi connectivity index (χ1) is 10.00. The summed E-state index contributed by atoms with van der Waals surface area (Å²) in [5.41, 5.74) is 0.712. The van der Waals surface area contributed by atoms with Crippen molar-refractivity contribution in [2.24, 2.45) is 0 Å². The molecule has 0 spiro atoms. The van der Waals surface area contributed by atoms with Crippen LogP contribution in [-0.4, -0.2) is 19.3 Å². The minimum atomic E-state index is -3.40. The second kappa shape index (κ2) is 7.13.